The summed E-state index contributed by atoms with van der Waals surface area (Å²) in [5.74, 6) is 0.733. The van der Waals surface area contributed by atoms with Gasteiger partial charge in [0.2, 0.25) is 0 Å². The first-order valence-electron chi connectivity index (χ1n) is 13.2. The van der Waals surface area contributed by atoms with Crippen LogP contribution in [0.2, 0.25) is 0 Å². The van der Waals surface area contributed by atoms with Gasteiger partial charge in [-0.1, -0.05) is 13.8 Å². The van der Waals surface area contributed by atoms with Gasteiger partial charge in [-0.15, -0.1) is 0 Å². The summed E-state index contributed by atoms with van der Waals surface area (Å²) in [5.41, 5.74) is 2.11. The van der Waals surface area contributed by atoms with Gasteiger partial charge in [0.1, 0.15) is 5.56 Å². The average Bonchev–Trinajstić information content (AvgIpc) is 3.27. The molecular weight excluding hydrogens is 472 g/mol. The summed E-state index contributed by atoms with van der Waals surface area (Å²) in [5, 5.41) is 0. The van der Waals surface area contributed by atoms with Crippen molar-refractivity contribution in [2.45, 2.75) is 58.5 Å². The standard InChI is InChI=1S/C29H40N2O6/c1-7-36-28(33)22-17-31-23(16-24(22)32)21-15-25(35-6)26(37-12-10-20-9-8-11-30(20)4)13-19(21)14-27(31)29(2,3)18-34-5/h13,15-17,20,27H,7-12,14,18H2,1-6H3. The van der Waals surface area contributed by atoms with Crippen LogP contribution >= 0.6 is 0 Å². The van der Waals surface area contributed by atoms with Crippen LogP contribution < -0.4 is 14.9 Å². The number of esters is 1. The Morgan fingerprint density at radius 2 is 1.95 bits per heavy atom. The van der Waals surface area contributed by atoms with Crippen LogP contribution in [0, 0.1) is 5.41 Å². The first kappa shape index (κ1) is 27.2. The van der Waals surface area contributed by atoms with Gasteiger partial charge in [-0.3, -0.25) is 4.79 Å². The summed E-state index contributed by atoms with van der Waals surface area (Å²) in [6, 6.07) is 6.03. The van der Waals surface area contributed by atoms with Gasteiger partial charge >= 0.3 is 5.97 Å². The number of carbonyl (C=O) groups excluding carboxylic acids is 1. The van der Waals surface area contributed by atoms with Gasteiger partial charge in [0.05, 0.1) is 32.6 Å². The van der Waals surface area contributed by atoms with Crippen molar-refractivity contribution < 1.29 is 23.7 Å². The van der Waals surface area contributed by atoms with Gasteiger partial charge in [0.25, 0.3) is 0 Å². The molecule has 202 valence electrons. The Morgan fingerprint density at radius 1 is 1.16 bits per heavy atom. The number of aromatic nitrogens is 1. The number of benzene rings is 1. The Labute approximate surface area is 219 Å². The van der Waals surface area contributed by atoms with E-state index in [9.17, 15) is 9.59 Å². The second-order valence-electron chi connectivity index (χ2n) is 10.8. The predicted octanol–water partition coefficient (Wildman–Crippen LogP) is 4.33. The molecule has 1 aromatic heterocycles. The smallest absolute Gasteiger partial charge is 0.343 e. The third-order valence-corrected chi connectivity index (χ3v) is 7.79. The van der Waals surface area contributed by atoms with E-state index in [1.807, 2.05) is 10.6 Å². The fraction of sp³-hybridized carbons (Fsp3) is 0.586. The molecule has 8 nitrogen and oxygen atoms in total. The van der Waals surface area contributed by atoms with Crippen molar-refractivity contribution in [3.63, 3.8) is 0 Å². The number of pyridine rings is 1. The molecule has 2 aliphatic heterocycles. The Hall–Kier alpha value is -2.84. The molecule has 2 aliphatic rings. The molecule has 2 atom stereocenters. The number of hydrogen-bond acceptors (Lipinski definition) is 7. The number of methoxy groups -OCH3 is 2. The van der Waals surface area contributed by atoms with E-state index in [1.54, 1.807) is 27.3 Å². The van der Waals surface area contributed by atoms with Crippen LogP contribution in [0.4, 0.5) is 0 Å². The Kier molecular flexibility index (Phi) is 8.29. The van der Waals surface area contributed by atoms with E-state index in [1.165, 1.54) is 18.9 Å². The molecule has 0 bridgehead atoms. The van der Waals surface area contributed by atoms with Gasteiger partial charge in [-0.25, -0.2) is 4.79 Å². The van der Waals surface area contributed by atoms with Crippen LogP contribution in [0.5, 0.6) is 11.5 Å². The first-order valence-corrected chi connectivity index (χ1v) is 13.2. The van der Waals surface area contributed by atoms with E-state index in [0.29, 0.717) is 37.2 Å². The van der Waals surface area contributed by atoms with E-state index in [2.05, 4.69) is 31.9 Å². The maximum Gasteiger partial charge on any atom is 0.343 e. The Bertz CT molecular complexity index is 1190. The maximum atomic E-state index is 13.0. The third-order valence-electron chi connectivity index (χ3n) is 7.79. The average molecular weight is 513 g/mol. The molecular formula is C29H40N2O6. The van der Waals surface area contributed by atoms with Crippen LogP contribution in [-0.4, -0.2) is 69.1 Å². The van der Waals surface area contributed by atoms with E-state index in [4.69, 9.17) is 18.9 Å². The zero-order valence-electron chi connectivity index (χ0n) is 23.0. The topological polar surface area (TPSA) is 79.2 Å². The van der Waals surface area contributed by atoms with Crippen LogP contribution in [0.3, 0.4) is 0 Å². The third kappa shape index (κ3) is 5.55. The van der Waals surface area contributed by atoms with Crippen molar-refractivity contribution in [2.24, 2.45) is 5.41 Å². The normalized spacial score (nSPS) is 19.3. The van der Waals surface area contributed by atoms with Gasteiger partial charge < -0.3 is 28.4 Å². The molecule has 1 aromatic carbocycles. The van der Waals surface area contributed by atoms with Crippen molar-refractivity contribution in [1.29, 1.82) is 0 Å². The van der Waals surface area contributed by atoms with Crippen LogP contribution in [0.25, 0.3) is 11.3 Å². The molecule has 0 saturated carbocycles. The lowest BCUT2D eigenvalue weighted by atomic mass is 9.77. The van der Waals surface area contributed by atoms with Crippen molar-refractivity contribution in [2.75, 3.05) is 47.6 Å². The van der Waals surface area contributed by atoms with Crippen molar-refractivity contribution in [1.82, 2.24) is 9.47 Å². The van der Waals surface area contributed by atoms with E-state index in [0.717, 1.165) is 29.8 Å². The molecule has 2 unspecified atom stereocenters. The summed E-state index contributed by atoms with van der Waals surface area (Å²) < 4.78 is 24.7. The highest BCUT2D eigenvalue weighted by Gasteiger charge is 2.37. The molecule has 0 spiro atoms. The van der Waals surface area contributed by atoms with E-state index >= 15 is 0 Å². The minimum absolute atomic E-state index is 0.0380. The van der Waals surface area contributed by atoms with E-state index in [-0.39, 0.29) is 29.1 Å². The highest BCUT2D eigenvalue weighted by molar-refractivity contribution is 5.89. The van der Waals surface area contributed by atoms with Gasteiger partial charge in [-0.2, -0.15) is 0 Å². The fourth-order valence-electron chi connectivity index (χ4n) is 5.74. The summed E-state index contributed by atoms with van der Waals surface area (Å²) in [7, 11) is 5.49. The zero-order chi connectivity index (χ0) is 26.7. The molecule has 8 heteroatoms. The van der Waals surface area contributed by atoms with Gasteiger partial charge in [0, 0.05) is 42.4 Å². The fourth-order valence-corrected chi connectivity index (χ4v) is 5.74. The Balaban J connectivity index is 1.74. The number of likely N-dealkylation sites (tertiary alicyclic amines) is 1. The molecule has 0 N–H and O–H groups in total. The molecule has 0 aliphatic carbocycles. The lowest BCUT2D eigenvalue weighted by molar-refractivity contribution is 0.0516. The highest BCUT2D eigenvalue weighted by Crippen LogP contribution is 2.46. The number of nitrogens with zero attached hydrogens (tertiary/aromatic N) is 2. The second kappa shape index (κ2) is 11.3. The lowest BCUT2D eigenvalue weighted by Gasteiger charge is -2.40. The van der Waals surface area contributed by atoms with Crippen LogP contribution in [0.1, 0.15) is 62.0 Å². The first-order chi connectivity index (χ1) is 17.7. The molecule has 1 fully saturated rings. The molecule has 37 heavy (non-hydrogen) atoms. The minimum Gasteiger partial charge on any atom is -0.493 e. The number of hydrogen-bond donors (Lipinski definition) is 0. The van der Waals surface area contributed by atoms with Crippen molar-refractivity contribution in [3.8, 4) is 22.8 Å². The largest absolute Gasteiger partial charge is 0.493 e. The van der Waals surface area contributed by atoms with E-state index < -0.39 is 5.97 Å². The van der Waals surface area contributed by atoms with Crippen LogP contribution in [0.15, 0.2) is 29.2 Å². The second-order valence-corrected chi connectivity index (χ2v) is 10.8. The Morgan fingerprint density at radius 3 is 2.59 bits per heavy atom. The maximum absolute atomic E-state index is 13.0. The van der Waals surface area contributed by atoms with Crippen molar-refractivity contribution in [3.05, 3.63) is 45.7 Å². The monoisotopic (exact) mass is 512 g/mol. The predicted molar refractivity (Wildman–Crippen MR) is 143 cm³/mol. The quantitative estimate of drug-likeness (QED) is 0.438. The van der Waals surface area contributed by atoms with Crippen molar-refractivity contribution >= 4 is 5.97 Å². The number of ether oxygens (including phenoxy) is 4. The lowest BCUT2D eigenvalue weighted by Crippen LogP contribution is -2.37. The summed E-state index contributed by atoms with van der Waals surface area (Å²) in [4.78, 5) is 28.0. The summed E-state index contributed by atoms with van der Waals surface area (Å²) in [6.45, 7) is 8.48. The molecule has 2 aromatic rings. The molecule has 1 saturated heterocycles. The molecule has 3 heterocycles. The molecule has 0 amide bonds. The van der Waals surface area contributed by atoms with Gasteiger partial charge in [0.15, 0.2) is 16.9 Å². The molecule has 0 radical (unpaired) electrons. The minimum atomic E-state index is -0.605. The summed E-state index contributed by atoms with van der Waals surface area (Å²) in [6.07, 6.45) is 5.75. The van der Waals surface area contributed by atoms with Gasteiger partial charge in [-0.05, 0) is 63.9 Å². The summed E-state index contributed by atoms with van der Waals surface area (Å²) >= 11 is 0. The number of carbonyl (C=O) groups is 1. The number of fused-ring (bicyclic) bond motifs is 3. The highest BCUT2D eigenvalue weighted by atomic mass is 16.5. The number of rotatable bonds is 10. The van der Waals surface area contributed by atoms with Crippen LogP contribution in [-0.2, 0) is 15.9 Å². The SMILES string of the molecule is CCOC(=O)c1cn2c(cc1=O)-c1cc(OC)c(OCCC3CCCN3C)cc1CC2C(C)(C)COC. The zero-order valence-corrected chi connectivity index (χ0v) is 23.0. The molecule has 4 rings (SSSR count).